The molecule has 23 nitrogen and oxygen atoms in total. The Balaban J connectivity index is 1.17. The van der Waals surface area contributed by atoms with Crippen molar-refractivity contribution in [3.8, 4) is 17.1 Å². The molecule has 0 bridgehead atoms. The molecule has 0 spiro atoms. The summed E-state index contributed by atoms with van der Waals surface area (Å²) in [7, 11) is 0. The zero-order valence-electron chi connectivity index (χ0n) is 35.9. The molecule has 0 fully saturated rings. The maximum absolute atomic E-state index is 11.7. The van der Waals surface area contributed by atoms with Crippen molar-refractivity contribution >= 4 is 17.7 Å². The van der Waals surface area contributed by atoms with Crippen LogP contribution < -0.4 is 26.4 Å². The molecule has 0 atom stereocenters. The molecular weight excluding hydrogens is 820 g/mol. The molecular formula is C39H66N8O15. The second kappa shape index (κ2) is 39.7. The van der Waals surface area contributed by atoms with Gasteiger partial charge in [-0.15, -0.1) is 20.4 Å². The Hall–Kier alpha value is -4.11. The predicted octanol–water partition coefficient (Wildman–Crippen LogP) is -1.89. The number of ether oxygens (including phenoxy) is 12. The zero-order chi connectivity index (χ0) is 44.4. The lowest BCUT2D eigenvalue weighted by Crippen LogP contribution is -2.43. The first kappa shape index (κ1) is 54.0. The van der Waals surface area contributed by atoms with Gasteiger partial charge in [0.25, 0.3) is 0 Å². The van der Waals surface area contributed by atoms with Gasteiger partial charge in [0.2, 0.25) is 23.5 Å². The highest BCUT2D eigenvalue weighted by atomic mass is 16.6. The third-order valence-corrected chi connectivity index (χ3v) is 7.55. The van der Waals surface area contributed by atoms with Crippen LogP contribution in [0.3, 0.4) is 0 Å². The molecule has 2 aromatic rings. The van der Waals surface area contributed by atoms with E-state index in [9.17, 15) is 14.4 Å². The first-order valence-electron chi connectivity index (χ1n) is 20.6. The van der Waals surface area contributed by atoms with E-state index in [2.05, 4.69) is 36.3 Å². The van der Waals surface area contributed by atoms with Gasteiger partial charge in [-0.25, -0.2) is 0 Å². The minimum absolute atomic E-state index is 0.204. The van der Waals surface area contributed by atoms with E-state index in [1.54, 1.807) is 6.92 Å². The standard InChI is InChI=1S/C39H66N8O15/c1-33-44-46-39(47-45-33)34-2-4-35(5-3-34)62-29-28-61-27-26-60-25-24-59-23-22-58-21-20-57-19-18-56-17-16-55-15-14-54-13-12-53-11-10-52-9-8-51-7-6-41-37(49)31-43-38(50)32-42-36(48)30-40/h2-5H,6-32,40H2,1H3,(H,41,49)(H,42,48)(H,43,50). The van der Waals surface area contributed by atoms with E-state index < -0.39 is 11.8 Å². The van der Waals surface area contributed by atoms with Gasteiger partial charge in [-0.1, -0.05) is 0 Å². The van der Waals surface area contributed by atoms with E-state index in [4.69, 9.17) is 62.6 Å². The number of aromatic nitrogens is 4. The molecule has 3 amide bonds. The summed E-state index contributed by atoms with van der Waals surface area (Å²) in [6.45, 7) is 11.6. The number of hydrogen-bond donors (Lipinski definition) is 4. The van der Waals surface area contributed by atoms with Crippen LogP contribution in [0.5, 0.6) is 5.75 Å². The number of amides is 3. The number of carbonyl (C=O) groups excluding carboxylic acids is 3. The second-order valence-electron chi connectivity index (χ2n) is 12.5. The minimum atomic E-state index is -0.488. The predicted molar refractivity (Wildman–Crippen MR) is 220 cm³/mol. The highest BCUT2D eigenvalue weighted by Crippen LogP contribution is 2.18. The van der Waals surface area contributed by atoms with Crippen molar-refractivity contribution in [2.75, 3.05) is 178 Å². The Morgan fingerprint density at radius 3 is 1.13 bits per heavy atom. The number of nitrogens with zero attached hydrogens (tertiary/aromatic N) is 4. The van der Waals surface area contributed by atoms with E-state index in [0.29, 0.717) is 164 Å². The quantitative estimate of drug-likeness (QED) is 0.0530. The normalized spacial score (nSPS) is 11.1. The first-order valence-corrected chi connectivity index (χ1v) is 20.6. The number of rotatable bonds is 43. The van der Waals surface area contributed by atoms with Crippen molar-refractivity contribution in [3.05, 3.63) is 30.1 Å². The highest BCUT2D eigenvalue weighted by molar-refractivity contribution is 5.88. The van der Waals surface area contributed by atoms with Gasteiger partial charge in [-0.05, 0) is 31.2 Å². The van der Waals surface area contributed by atoms with Crippen molar-refractivity contribution in [1.82, 2.24) is 36.3 Å². The summed E-state index contributed by atoms with van der Waals surface area (Å²) in [5, 5.41) is 23.2. The van der Waals surface area contributed by atoms with E-state index in [0.717, 1.165) is 11.3 Å². The van der Waals surface area contributed by atoms with Crippen LogP contribution in [0.2, 0.25) is 0 Å². The molecule has 5 N–H and O–H groups in total. The van der Waals surface area contributed by atoms with Crippen molar-refractivity contribution in [2.24, 2.45) is 5.73 Å². The van der Waals surface area contributed by atoms with Gasteiger partial charge < -0.3 is 78.5 Å². The topological polar surface area (TPSA) is 276 Å². The fraction of sp³-hybridized carbons (Fsp3) is 0.718. The molecule has 0 aliphatic heterocycles. The highest BCUT2D eigenvalue weighted by Gasteiger charge is 2.07. The Labute approximate surface area is 362 Å². The van der Waals surface area contributed by atoms with E-state index in [1.807, 2.05) is 24.3 Å². The average Bonchev–Trinajstić information content (AvgIpc) is 3.29. The number of benzene rings is 1. The van der Waals surface area contributed by atoms with Crippen molar-refractivity contribution in [1.29, 1.82) is 0 Å². The Bertz CT molecular complexity index is 1390. The van der Waals surface area contributed by atoms with Gasteiger partial charge >= 0.3 is 0 Å². The molecule has 1 aromatic carbocycles. The van der Waals surface area contributed by atoms with Gasteiger partial charge in [-0.3, -0.25) is 14.4 Å². The van der Waals surface area contributed by atoms with Crippen LogP contribution in [0.1, 0.15) is 5.82 Å². The molecule has 2 rings (SSSR count). The van der Waals surface area contributed by atoms with Gasteiger partial charge in [0, 0.05) is 12.1 Å². The summed E-state index contributed by atoms with van der Waals surface area (Å²) in [6.07, 6.45) is 0. The lowest BCUT2D eigenvalue weighted by atomic mass is 10.2. The number of hydrogen-bond acceptors (Lipinski definition) is 20. The van der Waals surface area contributed by atoms with E-state index in [-0.39, 0.29) is 32.1 Å². The molecule has 62 heavy (non-hydrogen) atoms. The monoisotopic (exact) mass is 886 g/mol. The molecule has 0 saturated heterocycles. The van der Waals surface area contributed by atoms with Crippen LogP contribution in [-0.2, 0) is 66.5 Å². The largest absolute Gasteiger partial charge is 0.491 e. The van der Waals surface area contributed by atoms with Crippen LogP contribution in [0.4, 0.5) is 0 Å². The van der Waals surface area contributed by atoms with Crippen LogP contribution >= 0.6 is 0 Å². The number of carbonyl (C=O) groups is 3. The Kier molecular flexibility index (Phi) is 34.6. The smallest absolute Gasteiger partial charge is 0.239 e. The average molecular weight is 887 g/mol. The Morgan fingerprint density at radius 1 is 0.435 bits per heavy atom. The van der Waals surface area contributed by atoms with Gasteiger partial charge in [0.15, 0.2) is 5.82 Å². The molecule has 1 aromatic heterocycles. The molecule has 0 radical (unpaired) electrons. The van der Waals surface area contributed by atoms with Gasteiger partial charge in [0.05, 0.1) is 165 Å². The Morgan fingerprint density at radius 2 is 0.758 bits per heavy atom. The summed E-state index contributed by atoms with van der Waals surface area (Å²) < 4.78 is 66.0. The van der Waals surface area contributed by atoms with Crippen LogP contribution in [0.15, 0.2) is 24.3 Å². The van der Waals surface area contributed by atoms with Crippen molar-refractivity contribution < 1.29 is 71.2 Å². The molecule has 0 aliphatic rings. The van der Waals surface area contributed by atoms with Gasteiger partial charge in [0.1, 0.15) is 12.4 Å². The molecule has 0 unspecified atom stereocenters. The molecule has 352 valence electrons. The lowest BCUT2D eigenvalue weighted by molar-refractivity contribution is -0.127. The third kappa shape index (κ3) is 32.6. The molecule has 1 heterocycles. The maximum atomic E-state index is 11.7. The number of aryl methyl sites for hydroxylation is 1. The SMILES string of the molecule is Cc1nnc(-c2ccc(OCCOCCOCCOCCOCCOCCOCCOCCOCCOCCOCCOCCNC(=O)CNC(=O)CNC(=O)CN)cc2)nn1. The van der Waals surface area contributed by atoms with Crippen LogP contribution in [0, 0.1) is 6.92 Å². The zero-order valence-corrected chi connectivity index (χ0v) is 35.9. The van der Waals surface area contributed by atoms with Crippen molar-refractivity contribution in [2.45, 2.75) is 6.92 Å². The fourth-order valence-corrected chi connectivity index (χ4v) is 4.43. The second-order valence-corrected chi connectivity index (χ2v) is 12.5. The maximum Gasteiger partial charge on any atom is 0.239 e. The number of nitrogens with two attached hydrogens (primary N) is 1. The summed E-state index contributed by atoms with van der Waals surface area (Å²) >= 11 is 0. The summed E-state index contributed by atoms with van der Waals surface area (Å²) in [6, 6.07) is 7.40. The third-order valence-electron chi connectivity index (χ3n) is 7.55. The minimum Gasteiger partial charge on any atom is -0.491 e. The molecule has 0 saturated carbocycles. The van der Waals surface area contributed by atoms with Crippen molar-refractivity contribution in [3.63, 3.8) is 0 Å². The van der Waals surface area contributed by atoms with E-state index >= 15 is 0 Å². The fourth-order valence-electron chi connectivity index (χ4n) is 4.43. The summed E-state index contributed by atoms with van der Waals surface area (Å²) in [5.74, 6) is 0.397. The lowest BCUT2D eigenvalue weighted by Gasteiger charge is -2.09. The summed E-state index contributed by atoms with van der Waals surface area (Å²) in [4.78, 5) is 34.2. The van der Waals surface area contributed by atoms with Gasteiger partial charge in [-0.2, -0.15) is 0 Å². The van der Waals surface area contributed by atoms with E-state index in [1.165, 1.54) is 0 Å². The van der Waals surface area contributed by atoms with Crippen LogP contribution in [0.25, 0.3) is 11.4 Å². The summed E-state index contributed by atoms with van der Waals surface area (Å²) in [5.41, 5.74) is 5.94. The first-order chi connectivity index (χ1) is 30.5. The number of nitrogens with one attached hydrogen (secondary N) is 3. The van der Waals surface area contributed by atoms with Crippen LogP contribution in [-0.4, -0.2) is 216 Å². The molecule has 23 heteroatoms. The molecule has 0 aliphatic carbocycles.